The molecule has 4 aliphatic rings. The highest BCUT2D eigenvalue weighted by molar-refractivity contribution is 5.78. The van der Waals surface area contributed by atoms with E-state index < -0.39 is 0 Å². The molecule has 0 aromatic carbocycles. The molecule has 4 rings (SSSR count). The van der Waals surface area contributed by atoms with Crippen LogP contribution in [-0.4, -0.2) is 23.9 Å². The van der Waals surface area contributed by atoms with Crippen LogP contribution in [0.5, 0.6) is 0 Å². The Bertz CT molecular complexity index is 486. The predicted octanol–water partition coefficient (Wildman–Crippen LogP) is 4.18. The molecule has 0 aromatic rings. The van der Waals surface area contributed by atoms with E-state index in [1.807, 2.05) is 0 Å². The fourth-order valence-electron chi connectivity index (χ4n) is 6.60. The van der Waals surface area contributed by atoms with Crippen molar-refractivity contribution in [3.8, 4) is 0 Å². The average molecular weight is 363 g/mol. The average Bonchev–Trinajstić information content (AvgIpc) is 2.51. The number of amides is 2. The van der Waals surface area contributed by atoms with Gasteiger partial charge in [-0.2, -0.15) is 0 Å². The Morgan fingerprint density at radius 2 is 1.23 bits per heavy atom. The molecule has 2 unspecified atom stereocenters. The normalized spacial score (nSPS) is 37.2. The second-order valence-electron chi connectivity index (χ2n) is 10.1. The highest BCUT2D eigenvalue weighted by atomic mass is 16.2. The molecule has 4 saturated carbocycles. The molecule has 148 valence electrons. The van der Waals surface area contributed by atoms with E-state index in [1.54, 1.807) is 0 Å². The number of rotatable bonds is 8. The first-order chi connectivity index (χ1) is 12.3. The zero-order chi connectivity index (χ0) is 18.9. The van der Waals surface area contributed by atoms with Gasteiger partial charge in [-0.1, -0.05) is 13.8 Å². The van der Waals surface area contributed by atoms with Crippen molar-refractivity contribution in [1.82, 2.24) is 10.6 Å². The number of carbonyl (C=O) groups is 2. The summed E-state index contributed by atoms with van der Waals surface area (Å²) in [7, 11) is 0. The van der Waals surface area contributed by atoms with E-state index in [0.29, 0.717) is 12.8 Å². The lowest BCUT2D eigenvalue weighted by molar-refractivity contribution is -0.146. The number of hydrogen-bond acceptors (Lipinski definition) is 2. The monoisotopic (exact) mass is 362 g/mol. The van der Waals surface area contributed by atoms with Gasteiger partial charge in [-0.3, -0.25) is 9.59 Å². The Morgan fingerprint density at radius 3 is 1.58 bits per heavy atom. The molecule has 26 heavy (non-hydrogen) atoms. The molecule has 4 atom stereocenters. The fraction of sp³-hybridized carbons (Fsp3) is 0.909. The summed E-state index contributed by atoms with van der Waals surface area (Å²) in [5, 5.41) is 6.35. The smallest absolute Gasteiger partial charge is 0.220 e. The second-order valence-corrected chi connectivity index (χ2v) is 10.1. The van der Waals surface area contributed by atoms with Crippen molar-refractivity contribution in [2.24, 2.45) is 22.7 Å². The van der Waals surface area contributed by atoms with Crippen molar-refractivity contribution in [1.29, 1.82) is 0 Å². The van der Waals surface area contributed by atoms with E-state index in [1.165, 1.54) is 32.1 Å². The van der Waals surface area contributed by atoms with Gasteiger partial charge in [0, 0.05) is 24.9 Å². The maximum absolute atomic E-state index is 12.6. The molecule has 2 N–H and O–H groups in total. The van der Waals surface area contributed by atoms with Crippen LogP contribution in [-0.2, 0) is 9.59 Å². The lowest BCUT2D eigenvalue weighted by atomic mass is 9.43. The van der Waals surface area contributed by atoms with Crippen LogP contribution in [0.4, 0.5) is 0 Å². The molecule has 0 spiro atoms. The Kier molecular flexibility index (Phi) is 5.69. The molecule has 0 radical (unpaired) electrons. The fourth-order valence-corrected chi connectivity index (χ4v) is 6.60. The third-order valence-corrected chi connectivity index (χ3v) is 7.41. The van der Waals surface area contributed by atoms with Gasteiger partial charge in [0.15, 0.2) is 0 Å². The molecule has 0 saturated heterocycles. The van der Waals surface area contributed by atoms with Gasteiger partial charge in [-0.05, 0) is 87.9 Å². The van der Waals surface area contributed by atoms with Crippen LogP contribution in [0.2, 0.25) is 0 Å². The summed E-state index contributed by atoms with van der Waals surface area (Å²) in [6.07, 6.45) is 10.5. The quantitative estimate of drug-likeness (QED) is 0.680. The summed E-state index contributed by atoms with van der Waals surface area (Å²) >= 11 is 0. The minimum absolute atomic E-state index is 0.151. The molecule has 2 amide bonds. The Hall–Kier alpha value is -1.06. The lowest BCUT2D eigenvalue weighted by Gasteiger charge is -2.62. The van der Waals surface area contributed by atoms with Crippen LogP contribution in [0, 0.1) is 22.7 Å². The maximum Gasteiger partial charge on any atom is 0.220 e. The van der Waals surface area contributed by atoms with E-state index in [4.69, 9.17) is 0 Å². The zero-order valence-corrected chi connectivity index (χ0v) is 17.2. The molecule has 4 aliphatic carbocycles. The molecule has 0 aliphatic heterocycles. The van der Waals surface area contributed by atoms with Crippen LogP contribution in [0.1, 0.15) is 91.9 Å². The van der Waals surface area contributed by atoms with Gasteiger partial charge in [0.2, 0.25) is 11.8 Å². The lowest BCUT2D eigenvalue weighted by Crippen LogP contribution is -2.54. The summed E-state index contributed by atoms with van der Waals surface area (Å²) in [5.41, 5.74) is 0.302. The highest BCUT2D eigenvalue weighted by Gasteiger charge is 2.58. The van der Waals surface area contributed by atoms with Gasteiger partial charge in [0.25, 0.3) is 0 Å². The first-order valence-corrected chi connectivity index (χ1v) is 10.9. The summed E-state index contributed by atoms with van der Waals surface area (Å²) in [5.74, 6) is 1.90. The van der Waals surface area contributed by atoms with Gasteiger partial charge >= 0.3 is 0 Å². The molecule has 4 bridgehead atoms. The molecule has 4 fully saturated rings. The third-order valence-electron chi connectivity index (χ3n) is 7.41. The largest absolute Gasteiger partial charge is 0.354 e. The molecular formula is C22H38N2O2. The Labute approximate surface area is 159 Å². The third kappa shape index (κ3) is 4.26. The maximum atomic E-state index is 12.6. The van der Waals surface area contributed by atoms with Gasteiger partial charge in [-0.15, -0.1) is 0 Å². The number of carbonyl (C=O) groups excluding carboxylic acids is 2. The van der Waals surface area contributed by atoms with Crippen LogP contribution in [0.25, 0.3) is 0 Å². The summed E-state index contributed by atoms with van der Waals surface area (Å²) in [6, 6.07) is 0.512. The Morgan fingerprint density at radius 1 is 0.846 bits per heavy atom. The SMILES string of the molecule is CC[C@@H](C)NC(=O)CC12CC3CC(C1)CC(CC(=O)N[C@@H](C)CC)(C3)C2. The van der Waals surface area contributed by atoms with E-state index in [0.717, 1.165) is 31.1 Å². The topological polar surface area (TPSA) is 58.2 Å². The second kappa shape index (κ2) is 7.52. The molecule has 0 aromatic heterocycles. The van der Waals surface area contributed by atoms with Gasteiger partial charge in [0.1, 0.15) is 0 Å². The van der Waals surface area contributed by atoms with E-state index in [-0.39, 0.29) is 34.7 Å². The minimum atomic E-state index is 0.151. The molecule has 4 heteroatoms. The van der Waals surface area contributed by atoms with Crippen molar-refractivity contribution in [2.45, 2.75) is 104 Å². The Balaban J connectivity index is 1.68. The van der Waals surface area contributed by atoms with Gasteiger partial charge in [0.05, 0.1) is 0 Å². The first-order valence-electron chi connectivity index (χ1n) is 10.9. The standard InChI is InChI=1S/C22H38N2O2/c1-5-15(3)23-19(25)12-21-8-17-7-18(9-21)11-22(10-17,14-21)13-20(26)24-16(4)6-2/h15-18H,5-14H2,1-4H3,(H,23,25)(H,24,26)/t15-,16+,17?,18?,21?,22?. The summed E-state index contributed by atoms with van der Waals surface area (Å²) in [6.45, 7) is 8.39. The minimum Gasteiger partial charge on any atom is -0.354 e. The van der Waals surface area contributed by atoms with Crippen molar-refractivity contribution >= 4 is 11.8 Å². The molecular weight excluding hydrogens is 324 g/mol. The molecule has 0 heterocycles. The van der Waals surface area contributed by atoms with E-state index in [9.17, 15) is 9.59 Å². The van der Waals surface area contributed by atoms with Crippen LogP contribution in [0.15, 0.2) is 0 Å². The van der Waals surface area contributed by atoms with E-state index >= 15 is 0 Å². The van der Waals surface area contributed by atoms with Crippen LogP contribution in [0.3, 0.4) is 0 Å². The van der Waals surface area contributed by atoms with Crippen molar-refractivity contribution in [3.63, 3.8) is 0 Å². The van der Waals surface area contributed by atoms with E-state index in [2.05, 4.69) is 38.3 Å². The molecule has 4 nitrogen and oxygen atoms in total. The van der Waals surface area contributed by atoms with Crippen LogP contribution < -0.4 is 10.6 Å². The number of nitrogens with one attached hydrogen (secondary N) is 2. The van der Waals surface area contributed by atoms with Crippen LogP contribution >= 0.6 is 0 Å². The van der Waals surface area contributed by atoms with Gasteiger partial charge < -0.3 is 10.6 Å². The van der Waals surface area contributed by atoms with Crippen molar-refractivity contribution in [2.75, 3.05) is 0 Å². The van der Waals surface area contributed by atoms with Gasteiger partial charge in [-0.25, -0.2) is 0 Å². The zero-order valence-electron chi connectivity index (χ0n) is 17.2. The predicted molar refractivity (Wildman–Crippen MR) is 105 cm³/mol. The summed E-state index contributed by atoms with van der Waals surface area (Å²) < 4.78 is 0. The summed E-state index contributed by atoms with van der Waals surface area (Å²) in [4.78, 5) is 25.2. The van der Waals surface area contributed by atoms with Crippen molar-refractivity contribution in [3.05, 3.63) is 0 Å². The highest BCUT2D eigenvalue weighted by Crippen LogP contribution is 2.67. The first kappa shape index (κ1) is 19.7. The number of hydrogen-bond donors (Lipinski definition) is 2. The van der Waals surface area contributed by atoms with Crippen molar-refractivity contribution < 1.29 is 9.59 Å².